The lowest BCUT2D eigenvalue weighted by Crippen LogP contribution is -2.24. The van der Waals surface area contributed by atoms with Crippen molar-refractivity contribution in [1.29, 1.82) is 0 Å². The van der Waals surface area contributed by atoms with Crippen molar-refractivity contribution < 1.29 is 9.84 Å². The second-order valence-corrected chi connectivity index (χ2v) is 5.58. The van der Waals surface area contributed by atoms with E-state index in [0.29, 0.717) is 18.8 Å². The fraction of sp³-hybridized carbons (Fsp3) is 0.294. The van der Waals surface area contributed by atoms with Crippen LogP contribution in [0.25, 0.3) is 0 Å². The highest BCUT2D eigenvalue weighted by Crippen LogP contribution is 2.40. The number of hydrogen-bond acceptors (Lipinski definition) is 3. The van der Waals surface area contributed by atoms with Crippen LogP contribution in [0.3, 0.4) is 0 Å². The number of phenols is 1. The lowest BCUT2D eigenvalue weighted by Gasteiger charge is -2.14. The zero-order valence-electron chi connectivity index (χ0n) is 11.4. The van der Waals surface area contributed by atoms with E-state index < -0.39 is 0 Å². The van der Waals surface area contributed by atoms with Crippen molar-refractivity contribution in [2.75, 3.05) is 0 Å². The van der Waals surface area contributed by atoms with Gasteiger partial charge in [-0.15, -0.1) is 0 Å². The standard InChI is InChI=1S/C17H19NO2/c18-17(9-10-17)11-14-7-4-8-15(16(14)19)20-12-13-5-2-1-3-6-13/h1-8,19H,9-12,18H2. The number of nitrogens with two attached hydrogens (primary N) is 1. The molecule has 20 heavy (non-hydrogen) atoms. The quantitative estimate of drug-likeness (QED) is 0.877. The van der Waals surface area contributed by atoms with Crippen LogP contribution in [0.1, 0.15) is 24.0 Å². The third-order valence-electron chi connectivity index (χ3n) is 3.75. The zero-order chi connectivity index (χ0) is 14.0. The molecule has 0 radical (unpaired) electrons. The molecule has 2 aromatic rings. The van der Waals surface area contributed by atoms with Crippen LogP contribution in [0.5, 0.6) is 11.5 Å². The Morgan fingerprint density at radius 1 is 1.05 bits per heavy atom. The Balaban J connectivity index is 1.71. The SMILES string of the molecule is NC1(Cc2cccc(OCc3ccccc3)c2O)CC1. The number of benzene rings is 2. The molecule has 3 N–H and O–H groups in total. The summed E-state index contributed by atoms with van der Waals surface area (Å²) >= 11 is 0. The third-order valence-corrected chi connectivity index (χ3v) is 3.75. The predicted octanol–water partition coefficient (Wildman–Crippen LogP) is 3.01. The average Bonchev–Trinajstić information content (AvgIpc) is 3.19. The molecule has 104 valence electrons. The lowest BCUT2D eigenvalue weighted by atomic mass is 10.0. The number of phenolic OH excluding ortho intramolecular Hbond substituents is 1. The molecule has 1 fully saturated rings. The zero-order valence-corrected chi connectivity index (χ0v) is 11.4. The highest BCUT2D eigenvalue weighted by Gasteiger charge is 2.38. The van der Waals surface area contributed by atoms with Crippen LogP contribution < -0.4 is 10.5 Å². The Kier molecular flexibility index (Phi) is 3.36. The monoisotopic (exact) mass is 269 g/mol. The van der Waals surface area contributed by atoms with Crippen LogP contribution in [0, 0.1) is 0 Å². The van der Waals surface area contributed by atoms with Crippen LogP contribution >= 0.6 is 0 Å². The Hall–Kier alpha value is -2.00. The van der Waals surface area contributed by atoms with Crippen molar-refractivity contribution in [1.82, 2.24) is 0 Å². The minimum absolute atomic E-state index is 0.116. The van der Waals surface area contributed by atoms with Gasteiger partial charge in [0.25, 0.3) is 0 Å². The first-order valence-electron chi connectivity index (χ1n) is 6.93. The Morgan fingerprint density at radius 3 is 2.50 bits per heavy atom. The van der Waals surface area contributed by atoms with E-state index in [1.165, 1.54) is 0 Å². The molecule has 0 unspecified atom stereocenters. The van der Waals surface area contributed by atoms with Crippen LogP contribution in [-0.4, -0.2) is 10.6 Å². The number of rotatable bonds is 5. The van der Waals surface area contributed by atoms with E-state index >= 15 is 0 Å². The van der Waals surface area contributed by atoms with Crippen LogP contribution in [0.15, 0.2) is 48.5 Å². The van der Waals surface area contributed by atoms with Crippen molar-refractivity contribution in [3.05, 3.63) is 59.7 Å². The minimum atomic E-state index is -0.116. The molecule has 0 atom stereocenters. The number of aromatic hydroxyl groups is 1. The van der Waals surface area contributed by atoms with Crippen LogP contribution in [0.4, 0.5) is 0 Å². The molecule has 0 saturated heterocycles. The highest BCUT2D eigenvalue weighted by molar-refractivity contribution is 5.46. The van der Waals surface area contributed by atoms with Crippen molar-refractivity contribution in [3.8, 4) is 11.5 Å². The summed E-state index contributed by atoms with van der Waals surface area (Å²) < 4.78 is 5.71. The molecule has 0 aromatic heterocycles. The van der Waals surface area contributed by atoms with Gasteiger partial charge in [0, 0.05) is 5.54 Å². The summed E-state index contributed by atoms with van der Waals surface area (Å²) in [6, 6.07) is 15.5. The average molecular weight is 269 g/mol. The van der Waals surface area contributed by atoms with Gasteiger partial charge in [-0.2, -0.15) is 0 Å². The lowest BCUT2D eigenvalue weighted by molar-refractivity contribution is 0.287. The summed E-state index contributed by atoms with van der Waals surface area (Å²) in [7, 11) is 0. The fourth-order valence-corrected chi connectivity index (χ4v) is 2.28. The van der Waals surface area contributed by atoms with Gasteiger partial charge in [-0.05, 0) is 36.5 Å². The van der Waals surface area contributed by atoms with E-state index in [2.05, 4.69) is 0 Å². The molecule has 3 heteroatoms. The molecule has 1 aliphatic rings. The number of ether oxygens (including phenoxy) is 1. The number of hydrogen-bond donors (Lipinski definition) is 2. The van der Waals surface area contributed by atoms with E-state index in [9.17, 15) is 5.11 Å². The van der Waals surface area contributed by atoms with Gasteiger partial charge in [0.05, 0.1) is 0 Å². The summed E-state index contributed by atoms with van der Waals surface area (Å²) in [6.07, 6.45) is 2.77. The summed E-state index contributed by atoms with van der Waals surface area (Å²) in [6.45, 7) is 0.450. The third kappa shape index (κ3) is 2.94. The molecule has 2 aromatic carbocycles. The molecule has 3 rings (SSSR count). The van der Waals surface area contributed by atoms with Gasteiger partial charge in [0.15, 0.2) is 11.5 Å². The maximum Gasteiger partial charge on any atom is 0.161 e. The Labute approximate surface area is 119 Å². The maximum absolute atomic E-state index is 10.3. The molecule has 1 aliphatic carbocycles. The summed E-state index contributed by atoms with van der Waals surface area (Å²) in [5.41, 5.74) is 7.94. The van der Waals surface area contributed by atoms with E-state index in [-0.39, 0.29) is 11.3 Å². The smallest absolute Gasteiger partial charge is 0.161 e. The minimum Gasteiger partial charge on any atom is -0.504 e. The van der Waals surface area contributed by atoms with Gasteiger partial charge in [-0.3, -0.25) is 0 Å². The molecule has 0 bridgehead atoms. The van der Waals surface area contributed by atoms with Gasteiger partial charge >= 0.3 is 0 Å². The molecule has 0 aliphatic heterocycles. The van der Waals surface area contributed by atoms with Crippen molar-refractivity contribution in [3.63, 3.8) is 0 Å². The van der Waals surface area contributed by atoms with E-state index in [0.717, 1.165) is 24.0 Å². The Bertz CT molecular complexity index is 591. The van der Waals surface area contributed by atoms with Gasteiger partial charge in [0.1, 0.15) is 6.61 Å². The first-order valence-corrected chi connectivity index (χ1v) is 6.93. The van der Waals surface area contributed by atoms with Crippen LogP contribution in [-0.2, 0) is 13.0 Å². The maximum atomic E-state index is 10.3. The molecule has 0 amide bonds. The first kappa shape index (κ1) is 13.0. The fourth-order valence-electron chi connectivity index (χ4n) is 2.28. The van der Waals surface area contributed by atoms with Crippen molar-refractivity contribution in [2.24, 2.45) is 5.73 Å². The topological polar surface area (TPSA) is 55.5 Å². The first-order chi connectivity index (χ1) is 9.66. The van der Waals surface area contributed by atoms with E-state index in [1.807, 2.05) is 42.5 Å². The van der Waals surface area contributed by atoms with E-state index in [1.54, 1.807) is 6.07 Å². The Morgan fingerprint density at radius 2 is 1.80 bits per heavy atom. The summed E-state index contributed by atoms with van der Waals surface area (Å²) in [5.74, 6) is 0.746. The second kappa shape index (κ2) is 5.17. The van der Waals surface area contributed by atoms with Crippen molar-refractivity contribution >= 4 is 0 Å². The molecule has 0 heterocycles. The summed E-state index contributed by atoms with van der Waals surface area (Å²) in [5, 5.41) is 10.3. The second-order valence-electron chi connectivity index (χ2n) is 5.58. The molecule has 3 nitrogen and oxygen atoms in total. The molecule has 0 spiro atoms. The molecule has 1 saturated carbocycles. The van der Waals surface area contributed by atoms with Crippen LogP contribution in [0.2, 0.25) is 0 Å². The summed E-state index contributed by atoms with van der Waals surface area (Å²) in [4.78, 5) is 0. The normalized spacial score (nSPS) is 15.8. The molecular weight excluding hydrogens is 250 g/mol. The van der Waals surface area contributed by atoms with Crippen molar-refractivity contribution in [2.45, 2.75) is 31.4 Å². The number of para-hydroxylation sites is 1. The highest BCUT2D eigenvalue weighted by atomic mass is 16.5. The largest absolute Gasteiger partial charge is 0.504 e. The van der Waals surface area contributed by atoms with Gasteiger partial charge in [-0.1, -0.05) is 42.5 Å². The van der Waals surface area contributed by atoms with Gasteiger partial charge < -0.3 is 15.6 Å². The molecular formula is C17H19NO2. The van der Waals surface area contributed by atoms with Gasteiger partial charge in [-0.25, -0.2) is 0 Å². The predicted molar refractivity (Wildman–Crippen MR) is 78.7 cm³/mol. The van der Waals surface area contributed by atoms with E-state index in [4.69, 9.17) is 10.5 Å². The van der Waals surface area contributed by atoms with Gasteiger partial charge in [0.2, 0.25) is 0 Å².